The van der Waals surface area contributed by atoms with Crippen LogP contribution in [0.25, 0.3) is 0 Å². The molecule has 0 radical (unpaired) electrons. The molecule has 1 aromatic carbocycles. The lowest BCUT2D eigenvalue weighted by molar-refractivity contribution is 0.0471. The van der Waals surface area contributed by atoms with Crippen LogP contribution in [-0.4, -0.2) is 66.9 Å². The fourth-order valence-corrected chi connectivity index (χ4v) is 2.63. The number of ether oxygens (including phenoxy) is 1. The molecule has 1 saturated heterocycles. The van der Waals surface area contributed by atoms with E-state index in [-0.39, 0.29) is 0 Å². The molecule has 1 heterocycles. The van der Waals surface area contributed by atoms with Crippen molar-refractivity contribution in [2.75, 3.05) is 45.9 Å². The van der Waals surface area contributed by atoms with Gasteiger partial charge in [0.1, 0.15) is 18.5 Å². The molecule has 118 valence electrons. The summed E-state index contributed by atoms with van der Waals surface area (Å²) in [5.74, 6) is 0.841. The van der Waals surface area contributed by atoms with E-state index in [0.717, 1.165) is 38.5 Å². The lowest BCUT2D eigenvalue weighted by Gasteiger charge is -2.34. The van der Waals surface area contributed by atoms with Crippen LogP contribution in [0.4, 0.5) is 0 Å². The molecule has 2 rings (SSSR count). The molecule has 1 fully saturated rings. The van der Waals surface area contributed by atoms with Gasteiger partial charge in [0.25, 0.3) is 0 Å². The third-order valence-electron chi connectivity index (χ3n) is 4.30. The average Bonchev–Trinajstić information content (AvgIpc) is 2.49. The number of likely N-dealkylation sites (N-methyl/N-ethyl adjacent to an activating group) is 1. The van der Waals surface area contributed by atoms with Crippen LogP contribution in [0.2, 0.25) is 0 Å². The molecule has 0 aromatic heterocycles. The van der Waals surface area contributed by atoms with Crippen molar-refractivity contribution >= 4 is 0 Å². The zero-order valence-corrected chi connectivity index (χ0v) is 13.5. The van der Waals surface area contributed by atoms with Crippen LogP contribution in [0.15, 0.2) is 18.2 Å². The number of nitrogens with zero attached hydrogens (tertiary/aromatic N) is 2. The number of rotatable bonds is 6. The summed E-state index contributed by atoms with van der Waals surface area (Å²) < 4.78 is 5.70. The molecule has 4 heteroatoms. The number of aryl methyl sites for hydroxylation is 2. The summed E-state index contributed by atoms with van der Waals surface area (Å²) in [6.07, 6.45) is -0.431. The number of benzene rings is 1. The standard InChI is InChI=1S/C17H28N2O2/c1-4-18-7-9-19(10-8-18)12-16(20)13-21-17-6-5-14(2)15(3)11-17/h5-6,11,16,20H,4,7-10,12-13H2,1-3H3/t16-/m0/s1. The van der Waals surface area contributed by atoms with Crippen molar-refractivity contribution in [2.24, 2.45) is 0 Å². The molecule has 1 N–H and O–H groups in total. The Morgan fingerprint density at radius 2 is 1.76 bits per heavy atom. The van der Waals surface area contributed by atoms with E-state index < -0.39 is 6.10 Å². The van der Waals surface area contributed by atoms with Crippen molar-refractivity contribution in [1.82, 2.24) is 9.80 Å². The second kappa shape index (κ2) is 7.78. The number of aliphatic hydroxyl groups excluding tert-OH is 1. The summed E-state index contributed by atoms with van der Waals surface area (Å²) in [6, 6.07) is 6.05. The van der Waals surface area contributed by atoms with Gasteiger partial charge in [0.15, 0.2) is 0 Å². The second-order valence-electron chi connectivity index (χ2n) is 5.95. The third kappa shape index (κ3) is 4.99. The molecule has 21 heavy (non-hydrogen) atoms. The van der Waals surface area contributed by atoms with Crippen molar-refractivity contribution in [3.05, 3.63) is 29.3 Å². The summed E-state index contributed by atoms with van der Waals surface area (Å²) in [7, 11) is 0. The van der Waals surface area contributed by atoms with E-state index in [9.17, 15) is 5.11 Å². The highest BCUT2D eigenvalue weighted by molar-refractivity contribution is 5.33. The molecule has 0 spiro atoms. The summed E-state index contributed by atoms with van der Waals surface area (Å²) in [6.45, 7) is 12.8. The van der Waals surface area contributed by atoms with Crippen molar-refractivity contribution in [3.8, 4) is 5.75 Å². The quantitative estimate of drug-likeness (QED) is 0.865. The highest BCUT2D eigenvalue weighted by Crippen LogP contribution is 2.16. The normalized spacial score (nSPS) is 18.7. The van der Waals surface area contributed by atoms with Gasteiger partial charge in [-0.25, -0.2) is 0 Å². The van der Waals surface area contributed by atoms with E-state index in [1.165, 1.54) is 11.1 Å². The van der Waals surface area contributed by atoms with Crippen LogP contribution < -0.4 is 4.74 Å². The molecule has 0 amide bonds. The van der Waals surface area contributed by atoms with Gasteiger partial charge in [-0.15, -0.1) is 0 Å². The SMILES string of the molecule is CCN1CCN(C[C@H](O)COc2ccc(C)c(C)c2)CC1. The zero-order valence-electron chi connectivity index (χ0n) is 13.5. The first-order chi connectivity index (χ1) is 10.1. The van der Waals surface area contributed by atoms with Gasteiger partial charge in [-0.2, -0.15) is 0 Å². The van der Waals surface area contributed by atoms with Crippen LogP contribution in [0.1, 0.15) is 18.1 Å². The van der Waals surface area contributed by atoms with Crippen LogP contribution in [0, 0.1) is 13.8 Å². The Morgan fingerprint density at radius 3 is 2.38 bits per heavy atom. The first-order valence-electron chi connectivity index (χ1n) is 7.91. The molecule has 4 nitrogen and oxygen atoms in total. The predicted molar refractivity (Wildman–Crippen MR) is 86.0 cm³/mol. The van der Waals surface area contributed by atoms with Gasteiger partial charge >= 0.3 is 0 Å². The largest absolute Gasteiger partial charge is 0.491 e. The van der Waals surface area contributed by atoms with Crippen molar-refractivity contribution in [2.45, 2.75) is 26.9 Å². The number of hydrogen-bond donors (Lipinski definition) is 1. The lowest BCUT2D eigenvalue weighted by Crippen LogP contribution is -2.49. The second-order valence-corrected chi connectivity index (χ2v) is 5.95. The topological polar surface area (TPSA) is 35.9 Å². The van der Waals surface area contributed by atoms with Crippen LogP contribution in [0.3, 0.4) is 0 Å². The maximum Gasteiger partial charge on any atom is 0.119 e. The van der Waals surface area contributed by atoms with E-state index in [2.05, 4.69) is 36.6 Å². The predicted octanol–water partition coefficient (Wildman–Crippen LogP) is 1.68. The molecule has 0 unspecified atom stereocenters. The minimum Gasteiger partial charge on any atom is -0.491 e. The number of β-amino-alcohol motifs (C(OH)–C–C–N with tert-alkyl or cyclic N) is 1. The van der Waals surface area contributed by atoms with E-state index in [0.29, 0.717) is 13.2 Å². The molecule has 0 bridgehead atoms. The highest BCUT2D eigenvalue weighted by Gasteiger charge is 2.18. The summed E-state index contributed by atoms with van der Waals surface area (Å²) in [5.41, 5.74) is 2.48. The molecule has 1 atom stereocenters. The van der Waals surface area contributed by atoms with Crippen molar-refractivity contribution in [3.63, 3.8) is 0 Å². The number of hydrogen-bond acceptors (Lipinski definition) is 4. The van der Waals surface area contributed by atoms with Crippen LogP contribution in [-0.2, 0) is 0 Å². The average molecular weight is 292 g/mol. The number of aliphatic hydroxyl groups is 1. The Bertz CT molecular complexity index is 442. The Labute approximate surface area is 128 Å². The molecule has 1 aliphatic heterocycles. The van der Waals surface area contributed by atoms with E-state index >= 15 is 0 Å². The summed E-state index contributed by atoms with van der Waals surface area (Å²) in [4.78, 5) is 4.76. The fraction of sp³-hybridized carbons (Fsp3) is 0.647. The molecular formula is C17H28N2O2. The van der Waals surface area contributed by atoms with Crippen molar-refractivity contribution in [1.29, 1.82) is 0 Å². The van der Waals surface area contributed by atoms with E-state index in [1.807, 2.05) is 12.1 Å². The zero-order chi connectivity index (χ0) is 15.2. The lowest BCUT2D eigenvalue weighted by atomic mass is 10.1. The molecular weight excluding hydrogens is 264 g/mol. The van der Waals surface area contributed by atoms with E-state index in [4.69, 9.17) is 4.74 Å². The Kier molecular flexibility index (Phi) is 6.03. The monoisotopic (exact) mass is 292 g/mol. The van der Waals surface area contributed by atoms with Crippen LogP contribution >= 0.6 is 0 Å². The first-order valence-corrected chi connectivity index (χ1v) is 7.91. The number of piperazine rings is 1. The van der Waals surface area contributed by atoms with Gasteiger partial charge in [0.05, 0.1) is 0 Å². The van der Waals surface area contributed by atoms with Gasteiger partial charge in [-0.3, -0.25) is 4.90 Å². The first kappa shape index (κ1) is 16.3. The minimum atomic E-state index is -0.431. The molecule has 1 aromatic rings. The Hall–Kier alpha value is -1.10. The van der Waals surface area contributed by atoms with E-state index in [1.54, 1.807) is 0 Å². The maximum absolute atomic E-state index is 10.1. The van der Waals surface area contributed by atoms with Gasteiger partial charge in [-0.05, 0) is 43.7 Å². The van der Waals surface area contributed by atoms with Gasteiger partial charge in [0, 0.05) is 32.7 Å². The molecule has 0 saturated carbocycles. The summed E-state index contributed by atoms with van der Waals surface area (Å²) in [5, 5.41) is 10.1. The highest BCUT2D eigenvalue weighted by atomic mass is 16.5. The smallest absolute Gasteiger partial charge is 0.119 e. The van der Waals surface area contributed by atoms with Crippen molar-refractivity contribution < 1.29 is 9.84 Å². The molecule has 1 aliphatic rings. The third-order valence-corrected chi connectivity index (χ3v) is 4.30. The Balaban J connectivity index is 1.72. The Morgan fingerprint density at radius 1 is 1.10 bits per heavy atom. The van der Waals surface area contributed by atoms with Crippen LogP contribution in [0.5, 0.6) is 5.75 Å². The van der Waals surface area contributed by atoms with Gasteiger partial charge in [-0.1, -0.05) is 13.0 Å². The fourth-order valence-electron chi connectivity index (χ4n) is 2.63. The van der Waals surface area contributed by atoms with Gasteiger partial charge in [0.2, 0.25) is 0 Å². The molecule has 0 aliphatic carbocycles. The summed E-state index contributed by atoms with van der Waals surface area (Å²) >= 11 is 0. The maximum atomic E-state index is 10.1. The minimum absolute atomic E-state index is 0.358. The van der Waals surface area contributed by atoms with Gasteiger partial charge < -0.3 is 14.7 Å².